The number of amides is 2. The molecule has 2 heterocycles. The predicted molar refractivity (Wildman–Crippen MR) is 131 cm³/mol. The fourth-order valence-corrected chi connectivity index (χ4v) is 3.85. The quantitative estimate of drug-likeness (QED) is 0.433. The average Bonchev–Trinajstić information content (AvgIpc) is 2.84. The lowest BCUT2D eigenvalue weighted by Crippen LogP contribution is -2.47. The maximum absolute atomic E-state index is 13.5. The van der Waals surface area contributed by atoms with E-state index in [2.05, 4.69) is 30.2 Å². The minimum atomic E-state index is -4.98. The Hall–Kier alpha value is -4.17. The first-order valence-corrected chi connectivity index (χ1v) is 11.7. The monoisotopic (exact) mass is 550 g/mol. The normalized spacial score (nSPS) is 14.6. The number of benzene rings is 2. The molecule has 2 N–H and O–H groups in total. The topological polar surface area (TPSA) is 99.7 Å². The largest absolute Gasteiger partial charge is 0.573 e. The van der Waals surface area contributed by atoms with Crippen LogP contribution in [0.1, 0.15) is 10.4 Å². The van der Waals surface area contributed by atoms with Crippen LogP contribution in [0.25, 0.3) is 11.3 Å². The maximum atomic E-state index is 13.5. The first kappa shape index (κ1) is 27.9. The van der Waals surface area contributed by atoms with Crippen LogP contribution in [0.15, 0.2) is 48.8 Å². The van der Waals surface area contributed by atoms with Gasteiger partial charge in [0.2, 0.25) is 5.91 Å². The van der Waals surface area contributed by atoms with Crippen LogP contribution in [-0.4, -0.2) is 77.7 Å². The molecule has 0 atom stereocenters. The molecule has 1 aromatic heterocycles. The van der Waals surface area contributed by atoms with E-state index in [-0.39, 0.29) is 34.9 Å². The zero-order valence-electron chi connectivity index (χ0n) is 20.6. The van der Waals surface area contributed by atoms with E-state index in [0.29, 0.717) is 19.2 Å². The van der Waals surface area contributed by atoms with Crippen molar-refractivity contribution in [2.75, 3.05) is 50.4 Å². The molecule has 206 valence electrons. The van der Waals surface area contributed by atoms with Gasteiger partial charge in [0, 0.05) is 43.9 Å². The molecular formula is C25H23F5N6O3. The number of halogens is 5. The number of piperazine rings is 1. The molecule has 0 unspecified atom stereocenters. The Bertz CT molecular complexity index is 1320. The lowest BCUT2D eigenvalue weighted by atomic mass is 10.1. The van der Waals surface area contributed by atoms with Gasteiger partial charge in [0.15, 0.2) is 5.82 Å². The van der Waals surface area contributed by atoms with Gasteiger partial charge >= 0.3 is 6.36 Å². The maximum Gasteiger partial charge on any atom is 0.573 e. The first-order chi connectivity index (χ1) is 18.4. The number of nitrogens with one attached hydrogen (secondary N) is 2. The molecule has 1 saturated heterocycles. The average molecular weight is 550 g/mol. The van der Waals surface area contributed by atoms with Crippen LogP contribution >= 0.6 is 0 Å². The van der Waals surface area contributed by atoms with Gasteiger partial charge in [-0.25, -0.2) is 13.8 Å². The van der Waals surface area contributed by atoms with Crippen LogP contribution in [0, 0.1) is 11.6 Å². The molecule has 14 heteroatoms. The number of carbonyl (C=O) groups excluding carboxylic acids is 2. The van der Waals surface area contributed by atoms with Gasteiger partial charge in [-0.2, -0.15) is 0 Å². The number of carbonyl (C=O) groups is 2. The fourth-order valence-electron chi connectivity index (χ4n) is 3.85. The van der Waals surface area contributed by atoms with Crippen molar-refractivity contribution in [3.63, 3.8) is 0 Å². The molecular weight excluding hydrogens is 527 g/mol. The van der Waals surface area contributed by atoms with E-state index in [9.17, 15) is 31.5 Å². The Morgan fingerprint density at radius 2 is 1.64 bits per heavy atom. The summed E-state index contributed by atoms with van der Waals surface area (Å²) >= 11 is 0. The summed E-state index contributed by atoms with van der Waals surface area (Å²) in [5.74, 6) is -3.61. The van der Waals surface area contributed by atoms with E-state index in [0.717, 1.165) is 49.6 Å². The van der Waals surface area contributed by atoms with E-state index in [1.54, 1.807) is 0 Å². The number of hydrogen-bond donors (Lipinski definition) is 2. The summed E-state index contributed by atoms with van der Waals surface area (Å²) in [5, 5.41) is 4.93. The van der Waals surface area contributed by atoms with Gasteiger partial charge in [0.1, 0.15) is 17.4 Å². The van der Waals surface area contributed by atoms with E-state index >= 15 is 0 Å². The number of rotatable bonds is 7. The molecule has 0 saturated carbocycles. The van der Waals surface area contributed by atoms with Crippen molar-refractivity contribution in [1.29, 1.82) is 0 Å². The number of likely N-dealkylation sites (N-methyl/N-ethyl adjacent to an activating group) is 1. The zero-order chi connectivity index (χ0) is 28.2. The molecule has 1 fully saturated rings. The van der Waals surface area contributed by atoms with E-state index in [4.69, 9.17) is 0 Å². The molecule has 0 aliphatic carbocycles. The summed E-state index contributed by atoms with van der Waals surface area (Å²) < 4.78 is 69.2. The summed E-state index contributed by atoms with van der Waals surface area (Å²) in [6, 6.07) is 5.74. The third-order valence-corrected chi connectivity index (χ3v) is 5.76. The van der Waals surface area contributed by atoms with Crippen molar-refractivity contribution >= 4 is 23.3 Å². The van der Waals surface area contributed by atoms with Crippen molar-refractivity contribution in [3.05, 3.63) is 66.0 Å². The van der Waals surface area contributed by atoms with Crippen LogP contribution in [0.4, 0.5) is 33.5 Å². The number of hydrogen-bond acceptors (Lipinski definition) is 7. The van der Waals surface area contributed by atoms with Crippen LogP contribution in [-0.2, 0) is 4.79 Å². The Morgan fingerprint density at radius 1 is 0.949 bits per heavy atom. The van der Waals surface area contributed by atoms with Gasteiger partial charge in [-0.05, 0) is 31.3 Å². The van der Waals surface area contributed by atoms with Crippen LogP contribution in [0.5, 0.6) is 5.75 Å². The first-order valence-electron chi connectivity index (χ1n) is 11.7. The Kier molecular flexibility index (Phi) is 8.35. The third-order valence-electron chi connectivity index (χ3n) is 5.76. The second kappa shape index (κ2) is 11.7. The summed E-state index contributed by atoms with van der Waals surface area (Å²) in [7, 11) is 1.95. The number of nitrogens with zero attached hydrogens (tertiary/aromatic N) is 4. The van der Waals surface area contributed by atoms with Crippen molar-refractivity contribution in [2.24, 2.45) is 0 Å². The van der Waals surface area contributed by atoms with Crippen molar-refractivity contribution in [2.45, 2.75) is 6.36 Å². The lowest BCUT2D eigenvalue weighted by Gasteiger charge is -2.31. The minimum absolute atomic E-state index is 0.0210. The van der Waals surface area contributed by atoms with Gasteiger partial charge in [0.25, 0.3) is 5.91 Å². The highest BCUT2D eigenvalue weighted by atomic mass is 19.4. The lowest BCUT2D eigenvalue weighted by molar-refractivity contribution is -0.274. The molecule has 9 nitrogen and oxygen atoms in total. The summed E-state index contributed by atoms with van der Waals surface area (Å²) in [4.78, 5) is 37.7. The molecule has 39 heavy (non-hydrogen) atoms. The van der Waals surface area contributed by atoms with Crippen LogP contribution in [0.2, 0.25) is 0 Å². The summed E-state index contributed by atoms with van der Waals surface area (Å²) in [6.07, 6.45) is -2.65. The smallest absolute Gasteiger partial charge is 0.406 e. The van der Waals surface area contributed by atoms with Gasteiger partial charge < -0.3 is 20.3 Å². The molecule has 2 amide bonds. The Labute approximate surface area is 219 Å². The van der Waals surface area contributed by atoms with Crippen molar-refractivity contribution < 1.29 is 36.3 Å². The van der Waals surface area contributed by atoms with Gasteiger partial charge in [0.05, 0.1) is 35.9 Å². The van der Waals surface area contributed by atoms with Crippen molar-refractivity contribution in [3.8, 4) is 17.0 Å². The molecule has 0 radical (unpaired) electrons. The fraction of sp³-hybridized carbons (Fsp3) is 0.280. The molecule has 3 aromatic rings. The second-order valence-electron chi connectivity index (χ2n) is 8.78. The van der Waals surface area contributed by atoms with E-state index in [1.807, 2.05) is 11.9 Å². The SMILES string of the molecule is CN1CCN(CC(=O)Nc2cc(OC(F)(F)F)ccc2C(=O)Nc2cnc(-c3cc(F)cc(F)c3)cn2)CC1. The van der Waals surface area contributed by atoms with E-state index in [1.165, 1.54) is 6.20 Å². The molecule has 0 spiro atoms. The molecule has 0 bridgehead atoms. The Morgan fingerprint density at radius 3 is 2.26 bits per heavy atom. The van der Waals surface area contributed by atoms with Crippen LogP contribution < -0.4 is 15.4 Å². The third kappa shape index (κ3) is 7.91. The number of aromatic nitrogens is 2. The van der Waals surface area contributed by atoms with Gasteiger partial charge in [-0.15, -0.1) is 13.2 Å². The van der Waals surface area contributed by atoms with Gasteiger partial charge in [-0.1, -0.05) is 0 Å². The highest BCUT2D eigenvalue weighted by molar-refractivity contribution is 6.10. The number of ether oxygens (including phenoxy) is 1. The number of alkyl halides is 3. The molecule has 2 aromatic carbocycles. The summed E-state index contributed by atoms with van der Waals surface area (Å²) in [6.45, 7) is 2.75. The second-order valence-corrected chi connectivity index (χ2v) is 8.78. The Balaban J connectivity index is 1.51. The molecule has 1 aliphatic heterocycles. The highest BCUT2D eigenvalue weighted by Crippen LogP contribution is 2.28. The summed E-state index contributed by atoms with van der Waals surface area (Å²) in [5.41, 5.74) is -0.0945. The highest BCUT2D eigenvalue weighted by Gasteiger charge is 2.31. The zero-order valence-corrected chi connectivity index (χ0v) is 20.6. The predicted octanol–water partition coefficient (Wildman–Crippen LogP) is 3.76. The van der Waals surface area contributed by atoms with Gasteiger partial charge in [-0.3, -0.25) is 19.5 Å². The van der Waals surface area contributed by atoms with E-state index < -0.39 is 35.6 Å². The molecule has 1 aliphatic rings. The van der Waals surface area contributed by atoms with Crippen LogP contribution in [0.3, 0.4) is 0 Å². The standard InChI is InChI=1S/C25H23F5N6O3/c1-35-4-6-36(7-5-35)14-23(37)33-20-11-18(39-25(28,29)30)2-3-19(20)24(38)34-22-13-31-21(12-32-22)15-8-16(26)10-17(27)9-15/h2-3,8-13H,4-7,14H2,1H3,(H,33,37)(H,32,34,38). The van der Waals surface area contributed by atoms with Crippen molar-refractivity contribution in [1.82, 2.24) is 19.8 Å². The minimum Gasteiger partial charge on any atom is -0.406 e. The molecule has 4 rings (SSSR count). The number of anilines is 2.